The summed E-state index contributed by atoms with van der Waals surface area (Å²) in [5, 5.41) is 17.9. The fraction of sp³-hybridized carbons (Fsp3) is 0.389. The van der Waals surface area contributed by atoms with Gasteiger partial charge in [-0.05, 0) is 36.1 Å². The van der Waals surface area contributed by atoms with Crippen LogP contribution in [0.4, 0.5) is 0 Å². The second-order valence-electron chi connectivity index (χ2n) is 5.79. The number of benzene rings is 1. The summed E-state index contributed by atoms with van der Waals surface area (Å²) in [6.45, 7) is 3.08. The number of aliphatic hydroxyl groups excluding tert-OH is 1. The van der Waals surface area contributed by atoms with Crippen molar-refractivity contribution in [1.29, 1.82) is 0 Å². The number of thiophene rings is 1. The summed E-state index contributed by atoms with van der Waals surface area (Å²) < 4.78 is 29.9. The number of nitrogens with one attached hydrogen (secondary N) is 2. The van der Waals surface area contributed by atoms with E-state index in [9.17, 15) is 13.5 Å². The predicted octanol–water partition coefficient (Wildman–Crippen LogP) is 2.26. The zero-order valence-corrected chi connectivity index (χ0v) is 19.8. The highest BCUT2D eigenvalue weighted by molar-refractivity contribution is 14.0. The lowest BCUT2D eigenvalue weighted by atomic mass is 10.2. The molecule has 3 N–H and O–H groups in total. The number of ether oxygens (including phenoxy) is 1. The topological polar surface area (TPSA) is 100 Å². The molecule has 1 heterocycles. The van der Waals surface area contributed by atoms with Crippen molar-refractivity contribution in [3.63, 3.8) is 0 Å². The summed E-state index contributed by atoms with van der Waals surface area (Å²) in [5.74, 6) is 0.929. The SMILES string of the molecule is CCNC(=NCc1cccc(OC)c1)NCC(O)CS(=O)(=O)c1cccs1.I. The van der Waals surface area contributed by atoms with E-state index in [4.69, 9.17) is 4.74 Å². The van der Waals surface area contributed by atoms with Crippen molar-refractivity contribution < 1.29 is 18.3 Å². The van der Waals surface area contributed by atoms with E-state index in [0.29, 0.717) is 19.0 Å². The van der Waals surface area contributed by atoms with Crippen molar-refractivity contribution in [1.82, 2.24) is 10.6 Å². The van der Waals surface area contributed by atoms with Crippen LogP contribution in [0.25, 0.3) is 0 Å². The van der Waals surface area contributed by atoms with E-state index in [2.05, 4.69) is 15.6 Å². The van der Waals surface area contributed by atoms with E-state index in [1.165, 1.54) is 0 Å². The van der Waals surface area contributed by atoms with Gasteiger partial charge >= 0.3 is 0 Å². The molecule has 0 aliphatic heterocycles. The lowest BCUT2D eigenvalue weighted by Crippen LogP contribution is -2.42. The standard InChI is InChI=1S/C18H25N3O4S2.HI/c1-3-19-18(20-11-14-6-4-7-16(10-14)25-2)21-12-15(22)13-27(23,24)17-8-5-9-26-17;/h4-10,15,22H,3,11-13H2,1-2H3,(H2,19,20,21);1H. The summed E-state index contributed by atoms with van der Waals surface area (Å²) in [7, 11) is -1.87. The summed E-state index contributed by atoms with van der Waals surface area (Å²) in [6.07, 6.45) is -1.04. The van der Waals surface area contributed by atoms with Gasteiger partial charge in [-0.15, -0.1) is 35.3 Å². The molecular weight excluding hydrogens is 513 g/mol. The first-order valence-electron chi connectivity index (χ1n) is 8.54. The van der Waals surface area contributed by atoms with Crippen molar-refractivity contribution in [3.8, 4) is 5.75 Å². The molecule has 7 nitrogen and oxygen atoms in total. The Hall–Kier alpha value is -1.37. The predicted molar refractivity (Wildman–Crippen MR) is 124 cm³/mol. The summed E-state index contributed by atoms with van der Waals surface area (Å²) in [6, 6.07) is 10.8. The molecule has 0 saturated carbocycles. The summed E-state index contributed by atoms with van der Waals surface area (Å²) >= 11 is 1.15. The quantitative estimate of drug-likeness (QED) is 0.257. The van der Waals surface area contributed by atoms with Crippen molar-refractivity contribution >= 4 is 51.1 Å². The van der Waals surface area contributed by atoms with E-state index in [1.54, 1.807) is 24.6 Å². The minimum absolute atomic E-state index is 0. The van der Waals surface area contributed by atoms with Gasteiger partial charge in [0.2, 0.25) is 0 Å². The average Bonchev–Trinajstić information content (AvgIpc) is 3.19. The second kappa shape index (κ2) is 12.2. The van der Waals surface area contributed by atoms with Gasteiger partial charge in [0.25, 0.3) is 0 Å². The van der Waals surface area contributed by atoms with Crippen LogP contribution in [0.15, 0.2) is 51.0 Å². The molecule has 0 fully saturated rings. The van der Waals surface area contributed by atoms with E-state index >= 15 is 0 Å². The molecule has 2 rings (SSSR count). The molecule has 0 aliphatic rings. The van der Waals surface area contributed by atoms with E-state index < -0.39 is 15.9 Å². The van der Waals surface area contributed by atoms with Crippen LogP contribution < -0.4 is 15.4 Å². The third-order valence-corrected chi connectivity index (χ3v) is 6.90. The van der Waals surface area contributed by atoms with Gasteiger partial charge in [0.1, 0.15) is 9.96 Å². The molecule has 0 amide bonds. The molecule has 1 aromatic heterocycles. The molecule has 1 atom stereocenters. The molecule has 10 heteroatoms. The Morgan fingerprint density at radius 3 is 2.71 bits per heavy atom. The summed E-state index contributed by atoms with van der Waals surface area (Å²) in [5.41, 5.74) is 0.979. The first-order valence-corrected chi connectivity index (χ1v) is 11.1. The highest BCUT2D eigenvalue weighted by Gasteiger charge is 2.20. The maximum Gasteiger partial charge on any atom is 0.191 e. The van der Waals surface area contributed by atoms with Crippen molar-refractivity contribution in [2.75, 3.05) is 26.0 Å². The molecule has 0 saturated heterocycles. The molecule has 0 spiro atoms. The van der Waals surface area contributed by atoms with Crippen molar-refractivity contribution in [2.45, 2.75) is 23.8 Å². The van der Waals surface area contributed by atoms with Gasteiger partial charge in [-0.1, -0.05) is 18.2 Å². The number of guanidine groups is 1. The van der Waals surface area contributed by atoms with Gasteiger partial charge in [-0.3, -0.25) is 0 Å². The lowest BCUT2D eigenvalue weighted by Gasteiger charge is -2.15. The molecule has 0 bridgehead atoms. The number of aliphatic hydroxyl groups is 1. The number of halogens is 1. The van der Waals surface area contributed by atoms with Crippen LogP contribution in [-0.4, -0.2) is 51.5 Å². The third-order valence-electron chi connectivity index (χ3n) is 3.62. The Bertz CT molecular complexity index is 842. The molecular formula is C18H26IN3O4S2. The Morgan fingerprint density at radius 2 is 2.07 bits per heavy atom. The highest BCUT2D eigenvalue weighted by atomic mass is 127. The Morgan fingerprint density at radius 1 is 1.29 bits per heavy atom. The number of aliphatic imine (C=N–C) groups is 1. The summed E-state index contributed by atoms with van der Waals surface area (Å²) in [4.78, 5) is 4.46. The number of hydrogen-bond acceptors (Lipinski definition) is 6. The van der Waals surface area contributed by atoms with Crippen LogP contribution in [0.5, 0.6) is 5.75 Å². The molecule has 1 unspecified atom stereocenters. The number of rotatable bonds is 9. The van der Waals surface area contributed by atoms with E-state index in [0.717, 1.165) is 22.6 Å². The van der Waals surface area contributed by atoms with Crippen molar-refractivity contribution in [3.05, 3.63) is 47.3 Å². The van der Waals surface area contributed by atoms with E-state index in [-0.39, 0.29) is 40.5 Å². The monoisotopic (exact) mass is 539 g/mol. The van der Waals surface area contributed by atoms with E-state index in [1.807, 2.05) is 31.2 Å². The zero-order chi connectivity index (χ0) is 19.7. The smallest absolute Gasteiger partial charge is 0.191 e. The van der Waals surface area contributed by atoms with Crippen LogP contribution in [0, 0.1) is 0 Å². The largest absolute Gasteiger partial charge is 0.497 e. The van der Waals surface area contributed by atoms with Gasteiger partial charge in [0.05, 0.1) is 25.5 Å². The molecule has 1 aromatic carbocycles. The van der Waals surface area contributed by atoms with Crippen LogP contribution in [0.1, 0.15) is 12.5 Å². The molecule has 156 valence electrons. The second-order valence-corrected chi connectivity index (χ2v) is 9.00. The normalized spacial score (nSPS) is 12.8. The Labute approximate surface area is 187 Å². The third kappa shape index (κ3) is 7.94. The Kier molecular flexibility index (Phi) is 10.8. The molecule has 0 radical (unpaired) electrons. The van der Waals surface area contributed by atoms with Gasteiger partial charge in [0, 0.05) is 13.1 Å². The average molecular weight is 539 g/mol. The van der Waals surface area contributed by atoms with Crippen molar-refractivity contribution in [2.24, 2.45) is 4.99 Å². The maximum atomic E-state index is 12.2. The molecule has 0 aliphatic carbocycles. The van der Waals surface area contributed by atoms with Crippen LogP contribution in [-0.2, 0) is 16.4 Å². The first kappa shape index (κ1) is 24.7. The number of methoxy groups -OCH3 is 1. The zero-order valence-electron chi connectivity index (χ0n) is 15.8. The minimum Gasteiger partial charge on any atom is -0.497 e. The number of sulfone groups is 1. The van der Waals surface area contributed by atoms with Gasteiger partial charge in [-0.25, -0.2) is 13.4 Å². The number of hydrogen-bond donors (Lipinski definition) is 3. The van der Waals surface area contributed by atoms with Gasteiger partial charge < -0.3 is 20.5 Å². The fourth-order valence-electron chi connectivity index (χ4n) is 2.33. The number of nitrogens with zero attached hydrogens (tertiary/aromatic N) is 1. The minimum atomic E-state index is -3.48. The maximum absolute atomic E-state index is 12.2. The lowest BCUT2D eigenvalue weighted by molar-refractivity contribution is 0.200. The Balaban J connectivity index is 0.00000392. The van der Waals surface area contributed by atoms with Gasteiger partial charge in [0.15, 0.2) is 15.8 Å². The van der Waals surface area contributed by atoms with Crippen LogP contribution >= 0.6 is 35.3 Å². The van der Waals surface area contributed by atoms with Crippen LogP contribution in [0.2, 0.25) is 0 Å². The first-order chi connectivity index (χ1) is 12.9. The fourth-order valence-corrected chi connectivity index (χ4v) is 4.81. The van der Waals surface area contributed by atoms with Gasteiger partial charge in [-0.2, -0.15) is 0 Å². The molecule has 2 aromatic rings. The molecule has 28 heavy (non-hydrogen) atoms. The van der Waals surface area contributed by atoms with Crippen LogP contribution in [0.3, 0.4) is 0 Å². The highest BCUT2D eigenvalue weighted by Crippen LogP contribution is 2.18.